The first-order chi connectivity index (χ1) is 7.79. The van der Waals surface area contributed by atoms with E-state index in [1.165, 1.54) is 0 Å². The summed E-state index contributed by atoms with van der Waals surface area (Å²) in [5.41, 5.74) is 0.908. The van der Waals surface area contributed by atoms with E-state index in [9.17, 15) is 10.0 Å². The van der Waals surface area contributed by atoms with Crippen LogP contribution in [0.15, 0.2) is 60.7 Å². The zero-order valence-corrected chi connectivity index (χ0v) is 10.6. The second kappa shape index (κ2) is 6.35. The molecule has 17 heavy (non-hydrogen) atoms. The fourth-order valence-electron chi connectivity index (χ4n) is 1.39. The normalized spacial score (nSPS) is 9.24. The summed E-state index contributed by atoms with van der Waals surface area (Å²) in [6, 6.07) is 17.3. The van der Waals surface area contributed by atoms with Crippen LogP contribution in [0.3, 0.4) is 0 Å². The third-order valence-electron chi connectivity index (χ3n) is 2.21. The maximum Gasteiger partial charge on any atom is 0.281 e. The molecule has 0 atom stereocenters. The number of nitrogens with zero attached hydrogens (tertiary/aromatic N) is 1. The molecule has 0 saturated heterocycles. The molecule has 4 heteroatoms. The van der Waals surface area contributed by atoms with Crippen LogP contribution >= 0.6 is 0 Å². The molecule has 0 aliphatic heterocycles. The summed E-state index contributed by atoms with van der Waals surface area (Å²) in [7, 11) is 0. The first-order valence-electron chi connectivity index (χ1n) is 4.92. The van der Waals surface area contributed by atoms with Gasteiger partial charge in [-0.25, -0.2) is 0 Å². The average Bonchev–Trinajstić information content (AvgIpc) is 2.39. The van der Waals surface area contributed by atoms with Gasteiger partial charge in [-0.05, 0) is 24.3 Å². The predicted octanol–water partition coefficient (Wildman–Crippen LogP) is 2.72. The van der Waals surface area contributed by atoms with E-state index in [0.717, 1.165) is 0 Å². The molecular weight excluding hydrogens is 250 g/mol. The summed E-state index contributed by atoms with van der Waals surface area (Å²) in [4.78, 5) is 11.8. The quantitative estimate of drug-likeness (QED) is 0.513. The molecular formula is C13H11NO2Ti. The van der Waals surface area contributed by atoms with Crippen molar-refractivity contribution in [2.45, 2.75) is 0 Å². The second-order valence-electron chi connectivity index (χ2n) is 3.32. The van der Waals surface area contributed by atoms with Gasteiger partial charge in [0.25, 0.3) is 5.91 Å². The molecule has 0 saturated carbocycles. The fraction of sp³-hybridized carbons (Fsp3) is 0. The molecule has 0 radical (unpaired) electrons. The van der Waals surface area contributed by atoms with Gasteiger partial charge in [0.2, 0.25) is 0 Å². The predicted molar refractivity (Wildman–Crippen MR) is 61.5 cm³/mol. The van der Waals surface area contributed by atoms with Gasteiger partial charge in [0.15, 0.2) is 0 Å². The minimum absolute atomic E-state index is 0. The molecule has 1 N–H and O–H groups in total. The Labute approximate surface area is 115 Å². The minimum atomic E-state index is -0.438. The minimum Gasteiger partial charge on any atom is -0.281 e. The summed E-state index contributed by atoms with van der Waals surface area (Å²) in [6.07, 6.45) is 0. The Morgan fingerprint density at radius 3 is 1.88 bits per heavy atom. The first kappa shape index (κ1) is 13.6. The summed E-state index contributed by atoms with van der Waals surface area (Å²) >= 11 is 0. The van der Waals surface area contributed by atoms with Crippen LogP contribution in [0.25, 0.3) is 0 Å². The Kier molecular flexibility index (Phi) is 5.10. The number of benzene rings is 2. The summed E-state index contributed by atoms with van der Waals surface area (Å²) in [5.74, 6) is -0.438. The van der Waals surface area contributed by atoms with E-state index < -0.39 is 5.91 Å². The van der Waals surface area contributed by atoms with Crippen LogP contribution in [0.2, 0.25) is 0 Å². The largest absolute Gasteiger partial charge is 0.281 e. The number of hydrogen-bond donors (Lipinski definition) is 1. The Morgan fingerprint density at radius 1 is 0.882 bits per heavy atom. The van der Waals surface area contributed by atoms with E-state index in [0.29, 0.717) is 16.3 Å². The molecule has 3 nitrogen and oxygen atoms in total. The summed E-state index contributed by atoms with van der Waals surface area (Å²) in [6.45, 7) is 0. The van der Waals surface area contributed by atoms with Crippen molar-refractivity contribution in [2.24, 2.45) is 0 Å². The molecule has 1 amide bonds. The zero-order valence-electron chi connectivity index (χ0n) is 9.08. The van der Waals surface area contributed by atoms with Gasteiger partial charge in [-0.2, -0.15) is 5.06 Å². The van der Waals surface area contributed by atoms with Crippen molar-refractivity contribution in [3.05, 3.63) is 66.2 Å². The molecule has 0 aliphatic carbocycles. The third-order valence-corrected chi connectivity index (χ3v) is 2.21. The van der Waals surface area contributed by atoms with Crippen molar-refractivity contribution in [1.29, 1.82) is 0 Å². The van der Waals surface area contributed by atoms with Gasteiger partial charge < -0.3 is 0 Å². The first-order valence-corrected chi connectivity index (χ1v) is 4.92. The Balaban J connectivity index is 0.00000144. The number of carbonyl (C=O) groups is 1. The van der Waals surface area contributed by atoms with E-state index in [2.05, 4.69) is 0 Å². The van der Waals surface area contributed by atoms with Crippen LogP contribution in [-0.4, -0.2) is 11.1 Å². The molecule has 2 rings (SSSR count). The van der Waals surface area contributed by atoms with Crippen LogP contribution < -0.4 is 5.06 Å². The van der Waals surface area contributed by atoms with Crippen LogP contribution in [0.1, 0.15) is 10.4 Å². The maximum absolute atomic E-state index is 11.8. The van der Waals surface area contributed by atoms with E-state index >= 15 is 0 Å². The van der Waals surface area contributed by atoms with Crippen molar-refractivity contribution in [3.8, 4) is 0 Å². The topological polar surface area (TPSA) is 40.5 Å². The number of anilines is 1. The van der Waals surface area contributed by atoms with Gasteiger partial charge in [-0.15, -0.1) is 0 Å². The molecule has 2 aromatic carbocycles. The Hall–Kier alpha value is -1.42. The standard InChI is InChI=1S/C13H11NO2.Ti/c15-13(11-7-3-1-4-8-11)14(16)12-9-5-2-6-10-12;/h1-10,16H;. The number of carbonyl (C=O) groups excluding carboxylic acids is 1. The number of hydroxylamine groups is 1. The molecule has 0 heterocycles. The van der Waals surface area contributed by atoms with E-state index in [1.807, 2.05) is 12.1 Å². The number of amides is 1. The van der Waals surface area contributed by atoms with Crippen molar-refractivity contribution < 1.29 is 31.7 Å². The number of rotatable bonds is 2. The molecule has 0 fully saturated rings. The van der Waals surface area contributed by atoms with Gasteiger partial charge in [-0.3, -0.25) is 10.0 Å². The van der Waals surface area contributed by atoms with E-state index in [4.69, 9.17) is 0 Å². The smallest absolute Gasteiger partial charge is 0.281 e. The van der Waals surface area contributed by atoms with Gasteiger partial charge >= 0.3 is 0 Å². The van der Waals surface area contributed by atoms with Crippen molar-refractivity contribution in [2.75, 3.05) is 5.06 Å². The van der Waals surface area contributed by atoms with Gasteiger partial charge in [-0.1, -0.05) is 36.4 Å². The number of hydrogen-bond acceptors (Lipinski definition) is 2. The van der Waals surface area contributed by atoms with Gasteiger partial charge in [0, 0.05) is 27.3 Å². The van der Waals surface area contributed by atoms with Crippen molar-refractivity contribution in [1.82, 2.24) is 0 Å². The van der Waals surface area contributed by atoms with Crippen molar-refractivity contribution >= 4 is 11.6 Å². The molecule has 0 bridgehead atoms. The van der Waals surface area contributed by atoms with Crippen LogP contribution in [0.5, 0.6) is 0 Å². The molecule has 0 spiro atoms. The van der Waals surface area contributed by atoms with Gasteiger partial charge in [0.1, 0.15) is 0 Å². The number of para-hydroxylation sites is 1. The monoisotopic (exact) mass is 261 g/mol. The summed E-state index contributed by atoms with van der Waals surface area (Å²) < 4.78 is 0. The van der Waals surface area contributed by atoms with Crippen LogP contribution in [-0.2, 0) is 21.7 Å². The second-order valence-corrected chi connectivity index (χ2v) is 3.32. The fourth-order valence-corrected chi connectivity index (χ4v) is 1.39. The van der Waals surface area contributed by atoms with Crippen LogP contribution in [0.4, 0.5) is 5.69 Å². The molecule has 0 aliphatic rings. The van der Waals surface area contributed by atoms with E-state index in [-0.39, 0.29) is 21.7 Å². The van der Waals surface area contributed by atoms with Crippen LogP contribution in [0, 0.1) is 0 Å². The Bertz CT molecular complexity index is 473. The maximum atomic E-state index is 11.8. The third kappa shape index (κ3) is 3.27. The molecule has 2 aromatic rings. The zero-order chi connectivity index (χ0) is 11.4. The average molecular weight is 261 g/mol. The van der Waals surface area contributed by atoms with Gasteiger partial charge in [0.05, 0.1) is 5.69 Å². The SMILES string of the molecule is O=C(c1ccccc1)N(O)c1ccccc1.[Ti]. The molecule has 84 valence electrons. The summed E-state index contributed by atoms with van der Waals surface area (Å²) in [5, 5.41) is 10.4. The Morgan fingerprint density at radius 2 is 1.35 bits per heavy atom. The van der Waals surface area contributed by atoms with E-state index in [1.54, 1.807) is 48.5 Å². The molecule has 0 aromatic heterocycles. The van der Waals surface area contributed by atoms with Crippen molar-refractivity contribution in [3.63, 3.8) is 0 Å². The molecule has 0 unspecified atom stereocenters.